The predicted molar refractivity (Wildman–Crippen MR) is 56.7 cm³/mol. The van der Waals surface area contributed by atoms with Crippen LogP contribution in [0.5, 0.6) is 0 Å². The first-order valence-electron chi connectivity index (χ1n) is 4.60. The summed E-state index contributed by atoms with van der Waals surface area (Å²) in [6, 6.07) is 8.30. The Balaban J connectivity index is 2.44. The molecule has 0 amide bonds. The van der Waals surface area contributed by atoms with Crippen LogP contribution < -0.4 is 5.73 Å². The fourth-order valence-corrected chi connectivity index (χ4v) is 1.44. The van der Waals surface area contributed by atoms with E-state index in [-0.39, 0.29) is 0 Å². The Morgan fingerprint density at radius 1 is 1.29 bits per heavy atom. The standard InChI is InChI=1S/C11H13N3/c1-8-2-4-9(5-3-8)11-10(6-12)7-13-14-11/h2-5,7H,6,12H2,1H3,(H,13,14). The smallest absolute Gasteiger partial charge is 0.0695 e. The third kappa shape index (κ3) is 1.54. The summed E-state index contributed by atoms with van der Waals surface area (Å²) in [5, 5.41) is 6.95. The molecule has 0 fully saturated rings. The Bertz CT molecular complexity index is 414. The number of benzene rings is 1. The maximum absolute atomic E-state index is 5.60. The summed E-state index contributed by atoms with van der Waals surface area (Å²) in [6.45, 7) is 2.58. The highest BCUT2D eigenvalue weighted by Gasteiger charge is 2.04. The Hall–Kier alpha value is -1.61. The average molecular weight is 187 g/mol. The summed E-state index contributed by atoms with van der Waals surface area (Å²) in [7, 11) is 0. The summed E-state index contributed by atoms with van der Waals surface area (Å²) in [6.07, 6.45) is 1.77. The van der Waals surface area contributed by atoms with Crippen molar-refractivity contribution in [1.29, 1.82) is 0 Å². The Kier molecular flexibility index (Phi) is 2.33. The van der Waals surface area contributed by atoms with Gasteiger partial charge in [0.05, 0.1) is 11.9 Å². The first kappa shape index (κ1) is 8.97. The van der Waals surface area contributed by atoms with Crippen LogP contribution in [-0.4, -0.2) is 10.2 Å². The Labute approximate surface area is 83.0 Å². The van der Waals surface area contributed by atoms with Crippen LogP contribution in [0.15, 0.2) is 30.5 Å². The zero-order valence-corrected chi connectivity index (χ0v) is 8.12. The van der Waals surface area contributed by atoms with Gasteiger partial charge in [-0.25, -0.2) is 0 Å². The molecule has 0 bridgehead atoms. The van der Waals surface area contributed by atoms with Gasteiger partial charge in [0.15, 0.2) is 0 Å². The zero-order valence-electron chi connectivity index (χ0n) is 8.12. The first-order valence-corrected chi connectivity index (χ1v) is 4.60. The molecule has 14 heavy (non-hydrogen) atoms. The lowest BCUT2D eigenvalue weighted by Gasteiger charge is -2.01. The third-order valence-corrected chi connectivity index (χ3v) is 2.28. The van der Waals surface area contributed by atoms with E-state index in [9.17, 15) is 0 Å². The lowest BCUT2D eigenvalue weighted by molar-refractivity contribution is 1.08. The molecule has 1 heterocycles. The number of nitrogens with one attached hydrogen (secondary N) is 1. The quantitative estimate of drug-likeness (QED) is 0.753. The third-order valence-electron chi connectivity index (χ3n) is 2.28. The van der Waals surface area contributed by atoms with Gasteiger partial charge in [0, 0.05) is 12.1 Å². The van der Waals surface area contributed by atoms with Crippen molar-refractivity contribution in [3.8, 4) is 11.3 Å². The van der Waals surface area contributed by atoms with E-state index in [1.165, 1.54) is 5.56 Å². The van der Waals surface area contributed by atoms with Crippen molar-refractivity contribution in [2.45, 2.75) is 13.5 Å². The zero-order chi connectivity index (χ0) is 9.97. The molecule has 72 valence electrons. The number of nitrogens with zero attached hydrogens (tertiary/aromatic N) is 1. The number of H-pyrrole nitrogens is 1. The number of rotatable bonds is 2. The molecule has 2 rings (SSSR count). The molecule has 0 aliphatic heterocycles. The minimum Gasteiger partial charge on any atom is -0.326 e. The van der Waals surface area contributed by atoms with Crippen molar-refractivity contribution in [3.05, 3.63) is 41.6 Å². The van der Waals surface area contributed by atoms with Crippen molar-refractivity contribution in [2.75, 3.05) is 0 Å². The van der Waals surface area contributed by atoms with E-state index in [2.05, 4.69) is 41.4 Å². The van der Waals surface area contributed by atoms with E-state index in [0.717, 1.165) is 16.8 Å². The molecule has 0 spiro atoms. The lowest BCUT2D eigenvalue weighted by atomic mass is 10.1. The minimum atomic E-state index is 0.514. The van der Waals surface area contributed by atoms with Crippen molar-refractivity contribution in [2.24, 2.45) is 5.73 Å². The van der Waals surface area contributed by atoms with Crippen molar-refractivity contribution in [3.63, 3.8) is 0 Å². The molecule has 0 aliphatic carbocycles. The van der Waals surface area contributed by atoms with Crippen molar-refractivity contribution < 1.29 is 0 Å². The Morgan fingerprint density at radius 2 is 2.00 bits per heavy atom. The molecular formula is C11H13N3. The van der Waals surface area contributed by atoms with Gasteiger partial charge in [-0.05, 0) is 12.5 Å². The maximum Gasteiger partial charge on any atom is 0.0695 e. The largest absolute Gasteiger partial charge is 0.326 e. The predicted octanol–water partition coefficient (Wildman–Crippen LogP) is 1.84. The molecule has 1 aromatic carbocycles. The van der Waals surface area contributed by atoms with E-state index in [4.69, 9.17) is 5.73 Å². The fraction of sp³-hybridized carbons (Fsp3) is 0.182. The minimum absolute atomic E-state index is 0.514. The number of hydrogen-bond acceptors (Lipinski definition) is 2. The molecule has 0 radical (unpaired) electrons. The summed E-state index contributed by atoms with van der Waals surface area (Å²) in [5.74, 6) is 0. The molecule has 0 atom stereocenters. The second kappa shape index (κ2) is 3.64. The highest BCUT2D eigenvalue weighted by Crippen LogP contribution is 2.20. The van der Waals surface area contributed by atoms with E-state index in [1.807, 2.05) is 0 Å². The van der Waals surface area contributed by atoms with Crippen LogP contribution in [0.25, 0.3) is 11.3 Å². The highest BCUT2D eigenvalue weighted by molar-refractivity contribution is 5.62. The second-order valence-electron chi connectivity index (χ2n) is 3.34. The van der Waals surface area contributed by atoms with E-state index < -0.39 is 0 Å². The van der Waals surface area contributed by atoms with Crippen LogP contribution in [0.3, 0.4) is 0 Å². The molecule has 3 nitrogen and oxygen atoms in total. The number of aromatic amines is 1. The van der Waals surface area contributed by atoms with Crippen molar-refractivity contribution in [1.82, 2.24) is 10.2 Å². The molecule has 0 saturated carbocycles. The summed E-state index contributed by atoms with van der Waals surface area (Å²) in [5.41, 5.74) is 10.1. The maximum atomic E-state index is 5.60. The topological polar surface area (TPSA) is 54.7 Å². The molecule has 2 aromatic rings. The van der Waals surface area contributed by atoms with Gasteiger partial charge in [-0.3, -0.25) is 5.10 Å². The molecule has 0 aliphatic rings. The molecule has 0 saturated heterocycles. The molecule has 1 aromatic heterocycles. The van der Waals surface area contributed by atoms with Crippen LogP contribution >= 0.6 is 0 Å². The SMILES string of the molecule is Cc1ccc(-c2[nH]ncc2CN)cc1. The van der Waals surface area contributed by atoms with E-state index in [0.29, 0.717) is 6.54 Å². The van der Waals surface area contributed by atoms with Gasteiger partial charge in [-0.1, -0.05) is 29.8 Å². The molecular weight excluding hydrogens is 174 g/mol. The van der Waals surface area contributed by atoms with Gasteiger partial charge in [0.2, 0.25) is 0 Å². The molecule has 0 unspecified atom stereocenters. The monoisotopic (exact) mass is 187 g/mol. The fourth-order valence-electron chi connectivity index (χ4n) is 1.44. The number of nitrogens with two attached hydrogens (primary N) is 1. The van der Waals surface area contributed by atoms with E-state index >= 15 is 0 Å². The summed E-state index contributed by atoms with van der Waals surface area (Å²) in [4.78, 5) is 0. The van der Waals surface area contributed by atoms with Gasteiger partial charge in [-0.15, -0.1) is 0 Å². The Morgan fingerprint density at radius 3 is 2.64 bits per heavy atom. The van der Waals surface area contributed by atoms with Crippen LogP contribution in [0.1, 0.15) is 11.1 Å². The van der Waals surface area contributed by atoms with E-state index in [1.54, 1.807) is 6.20 Å². The average Bonchev–Trinajstić information content (AvgIpc) is 2.67. The second-order valence-corrected chi connectivity index (χ2v) is 3.34. The normalized spacial score (nSPS) is 10.4. The van der Waals surface area contributed by atoms with Gasteiger partial charge in [0.1, 0.15) is 0 Å². The lowest BCUT2D eigenvalue weighted by Crippen LogP contribution is -1.96. The van der Waals surface area contributed by atoms with Gasteiger partial charge in [-0.2, -0.15) is 5.10 Å². The van der Waals surface area contributed by atoms with Crippen molar-refractivity contribution >= 4 is 0 Å². The summed E-state index contributed by atoms with van der Waals surface area (Å²) < 4.78 is 0. The van der Waals surface area contributed by atoms with Crippen LogP contribution in [0, 0.1) is 6.92 Å². The molecule has 3 heteroatoms. The van der Waals surface area contributed by atoms with Gasteiger partial charge >= 0.3 is 0 Å². The van der Waals surface area contributed by atoms with Gasteiger partial charge < -0.3 is 5.73 Å². The number of aryl methyl sites for hydroxylation is 1. The number of hydrogen-bond donors (Lipinski definition) is 2. The molecule has 3 N–H and O–H groups in total. The first-order chi connectivity index (χ1) is 6.81. The highest BCUT2D eigenvalue weighted by atomic mass is 15.1. The van der Waals surface area contributed by atoms with Gasteiger partial charge in [0.25, 0.3) is 0 Å². The number of aromatic nitrogens is 2. The van der Waals surface area contributed by atoms with Crippen LogP contribution in [-0.2, 0) is 6.54 Å². The van der Waals surface area contributed by atoms with Crippen LogP contribution in [0.4, 0.5) is 0 Å². The summed E-state index contributed by atoms with van der Waals surface area (Å²) >= 11 is 0. The van der Waals surface area contributed by atoms with Crippen LogP contribution in [0.2, 0.25) is 0 Å².